The molecule has 0 fully saturated rings. The first-order valence-corrected chi connectivity index (χ1v) is 4.43. The van der Waals surface area contributed by atoms with Gasteiger partial charge in [0.05, 0.1) is 0 Å². The lowest BCUT2D eigenvalue weighted by molar-refractivity contribution is 0.899. The van der Waals surface area contributed by atoms with Crippen molar-refractivity contribution in [2.24, 2.45) is 0 Å². The van der Waals surface area contributed by atoms with E-state index in [9.17, 15) is 0 Å². The van der Waals surface area contributed by atoms with Crippen LogP contribution in [0.15, 0.2) is 18.2 Å². The Balaban J connectivity index is 0.00000144. The Hall–Kier alpha value is -0.980. The fourth-order valence-electron chi connectivity index (χ4n) is 1.39. The maximum Gasteiger partial charge on any atom is 0.0347 e. The minimum Gasteiger partial charge on any atom is -0.383 e. The average molecular weight is 165 g/mol. The highest BCUT2D eigenvalue weighted by atomic mass is 14.9. The van der Waals surface area contributed by atoms with E-state index in [-0.39, 0.29) is 1.43 Å². The third-order valence-electron chi connectivity index (χ3n) is 1.68. The van der Waals surface area contributed by atoms with Gasteiger partial charge in [-0.3, -0.25) is 0 Å². The normalized spacial score (nSPS) is 10.4. The molecule has 0 aliphatic carbocycles. The first-order valence-electron chi connectivity index (χ1n) is 4.43. The first kappa shape index (κ1) is 9.11. The van der Waals surface area contributed by atoms with E-state index in [1.165, 1.54) is 16.8 Å². The zero-order valence-electron chi connectivity index (χ0n) is 8.31. The smallest absolute Gasteiger partial charge is 0.0347 e. The summed E-state index contributed by atoms with van der Waals surface area (Å²) in [5.41, 5.74) is 3.86. The third-order valence-corrected chi connectivity index (χ3v) is 1.68. The molecule has 1 aromatic carbocycles. The van der Waals surface area contributed by atoms with E-state index < -0.39 is 0 Å². The Morgan fingerprint density at radius 1 is 1.08 bits per heavy atom. The van der Waals surface area contributed by atoms with Crippen molar-refractivity contribution in [2.75, 3.05) is 5.32 Å². The van der Waals surface area contributed by atoms with E-state index >= 15 is 0 Å². The summed E-state index contributed by atoms with van der Waals surface area (Å²) in [5.74, 6) is 0. The molecule has 1 N–H and O–H groups in total. The lowest BCUT2D eigenvalue weighted by Gasteiger charge is -2.11. The predicted octanol–water partition coefficient (Wildman–Crippen LogP) is 3.37. The molecule has 12 heavy (non-hydrogen) atoms. The number of nitrogens with one attached hydrogen (secondary N) is 1. The number of aryl methyl sites for hydroxylation is 2. The summed E-state index contributed by atoms with van der Waals surface area (Å²) >= 11 is 0. The molecule has 0 unspecified atom stereocenters. The topological polar surface area (TPSA) is 12.0 Å². The van der Waals surface area contributed by atoms with Crippen LogP contribution in [0, 0.1) is 13.8 Å². The monoisotopic (exact) mass is 165 g/mol. The summed E-state index contributed by atoms with van der Waals surface area (Å²) in [5, 5.41) is 3.39. The Morgan fingerprint density at radius 2 is 1.58 bits per heavy atom. The van der Waals surface area contributed by atoms with Crippen molar-refractivity contribution in [1.29, 1.82) is 0 Å². The van der Waals surface area contributed by atoms with Gasteiger partial charge >= 0.3 is 0 Å². The second kappa shape index (κ2) is 3.61. The zero-order chi connectivity index (χ0) is 9.14. The van der Waals surface area contributed by atoms with E-state index in [4.69, 9.17) is 0 Å². The molecule has 0 saturated heterocycles. The number of anilines is 1. The molecule has 0 spiro atoms. The maximum absolute atomic E-state index is 3.39. The zero-order valence-corrected chi connectivity index (χ0v) is 8.31. The molecule has 1 rings (SSSR count). The van der Waals surface area contributed by atoms with Crippen LogP contribution >= 0.6 is 0 Å². The summed E-state index contributed by atoms with van der Waals surface area (Å²) in [6.07, 6.45) is 0. The molecule has 1 heteroatoms. The fourth-order valence-corrected chi connectivity index (χ4v) is 1.39. The summed E-state index contributed by atoms with van der Waals surface area (Å²) in [6, 6.07) is 7.04. The van der Waals surface area contributed by atoms with Crippen molar-refractivity contribution in [3.63, 3.8) is 0 Å². The maximum atomic E-state index is 3.39. The van der Waals surface area contributed by atoms with Crippen LogP contribution in [0.5, 0.6) is 0 Å². The highest BCUT2D eigenvalue weighted by Gasteiger charge is 1.96. The summed E-state index contributed by atoms with van der Waals surface area (Å²) in [6.45, 7) is 8.55. The molecule has 1 nitrogen and oxygen atoms in total. The molecule has 0 aliphatic rings. The van der Waals surface area contributed by atoms with Crippen molar-refractivity contribution < 1.29 is 1.43 Å². The largest absolute Gasteiger partial charge is 0.383 e. The van der Waals surface area contributed by atoms with Gasteiger partial charge in [0.2, 0.25) is 0 Å². The van der Waals surface area contributed by atoms with Crippen LogP contribution in [0.2, 0.25) is 0 Å². The van der Waals surface area contributed by atoms with Gasteiger partial charge in [0, 0.05) is 13.2 Å². The second-order valence-corrected chi connectivity index (χ2v) is 3.68. The van der Waals surface area contributed by atoms with E-state index in [2.05, 4.69) is 51.2 Å². The van der Waals surface area contributed by atoms with Crippen LogP contribution < -0.4 is 5.32 Å². The number of hydrogen-bond acceptors (Lipinski definition) is 1. The highest BCUT2D eigenvalue weighted by molar-refractivity contribution is 5.48. The van der Waals surface area contributed by atoms with Crippen molar-refractivity contribution in [1.82, 2.24) is 0 Å². The van der Waals surface area contributed by atoms with Crippen LogP contribution in [0.3, 0.4) is 0 Å². The van der Waals surface area contributed by atoms with Gasteiger partial charge in [0.15, 0.2) is 0 Å². The molecular formula is C11H19N. The van der Waals surface area contributed by atoms with E-state index in [1.807, 2.05) is 0 Å². The van der Waals surface area contributed by atoms with Crippen LogP contribution in [-0.2, 0) is 0 Å². The lowest BCUT2D eigenvalue weighted by atomic mass is 10.1. The summed E-state index contributed by atoms with van der Waals surface area (Å²) in [7, 11) is 0. The van der Waals surface area contributed by atoms with Gasteiger partial charge < -0.3 is 5.32 Å². The quantitative estimate of drug-likeness (QED) is 0.708. The van der Waals surface area contributed by atoms with Crippen LogP contribution in [0.4, 0.5) is 5.69 Å². The SMILES string of the molecule is Cc1cc(C)cc(NC(C)C)c1.[HH]. The number of benzene rings is 1. The molecular weight excluding hydrogens is 146 g/mol. The second-order valence-electron chi connectivity index (χ2n) is 3.68. The standard InChI is InChI=1S/C11H17N.H2/c1-8(2)12-11-6-9(3)5-10(4)7-11;/h5-8,12H,1-4H3;1H. The minimum atomic E-state index is 0. The summed E-state index contributed by atoms with van der Waals surface area (Å²) < 4.78 is 0. The fraction of sp³-hybridized carbons (Fsp3) is 0.455. The Kier molecular flexibility index (Phi) is 2.74. The van der Waals surface area contributed by atoms with Gasteiger partial charge in [-0.2, -0.15) is 0 Å². The van der Waals surface area contributed by atoms with Crippen molar-refractivity contribution in [2.45, 2.75) is 33.7 Å². The third kappa shape index (κ3) is 2.57. The average Bonchev–Trinajstić information content (AvgIpc) is 1.81. The van der Waals surface area contributed by atoms with Gasteiger partial charge in [-0.05, 0) is 51.0 Å². The first-order chi connectivity index (χ1) is 5.58. The van der Waals surface area contributed by atoms with Gasteiger partial charge in [0.1, 0.15) is 0 Å². The Labute approximate surface area is 76.3 Å². The van der Waals surface area contributed by atoms with Crippen molar-refractivity contribution in [3.05, 3.63) is 29.3 Å². The molecule has 0 amide bonds. The van der Waals surface area contributed by atoms with Gasteiger partial charge in [-0.25, -0.2) is 0 Å². The molecule has 0 aliphatic heterocycles. The van der Waals surface area contributed by atoms with Gasteiger partial charge in [-0.15, -0.1) is 0 Å². The van der Waals surface area contributed by atoms with E-state index in [0.717, 1.165) is 0 Å². The number of rotatable bonds is 2. The van der Waals surface area contributed by atoms with Crippen molar-refractivity contribution >= 4 is 5.69 Å². The minimum absolute atomic E-state index is 0. The van der Waals surface area contributed by atoms with Crippen LogP contribution in [0.25, 0.3) is 0 Å². The molecule has 1 aromatic rings. The molecule has 0 atom stereocenters. The molecule has 0 radical (unpaired) electrons. The number of hydrogen-bond donors (Lipinski definition) is 1. The summed E-state index contributed by atoms with van der Waals surface area (Å²) in [4.78, 5) is 0. The van der Waals surface area contributed by atoms with E-state index in [1.54, 1.807) is 0 Å². The molecule has 0 aromatic heterocycles. The molecule has 68 valence electrons. The predicted molar refractivity (Wildman–Crippen MR) is 56.8 cm³/mol. The van der Waals surface area contributed by atoms with Gasteiger partial charge in [-0.1, -0.05) is 6.07 Å². The highest BCUT2D eigenvalue weighted by Crippen LogP contribution is 2.14. The Bertz CT molecular complexity index is 249. The van der Waals surface area contributed by atoms with Crippen LogP contribution in [-0.4, -0.2) is 6.04 Å². The molecule has 0 heterocycles. The van der Waals surface area contributed by atoms with Crippen molar-refractivity contribution in [3.8, 4) is 0 Å². The molecule has 0 saturated carbocycles. The van der Waals surface area contributed by atoms with E-state index in [0.29, 0.717) is 6.04 Å². The molecule has 0 bridgehead atoms. The Morgan fingerprint density at radius 3 is 2.00 bits per heavy atom. The van der Waals surface area contributed by atoms with Crippen LogP contribution in [0.1, 0.15) is 26.4 Å². The van der Waals surface area contributed by atoms with Gasteiger partial charge in [0.25, 0.3) is 0 Å². The lowest BCUT2D eigenvalue weighted by Crippen LogP contribution is -2.09.